The summed E-state index contributed by atoms with van der Waals surface area (Å²) in [5, 5.41) is 4.89. The second kappa shape index (κ2) is 8.25. The predicted molar refractivity (Wildman–Crippen MR) is 103 cm³/mol. The van der Waals surface area contributed by atoms with Gasteiger partial charge in [0.2, 0.25) is 5.91 Å². The number of carbonyl (C=O) groups excluding carboxylic acids is 1. The zero-order chi connectivity index (χ0) is 18.5. The fourth-order valence-corrected chi connectivity index (χ4v) is 3.39. The molecule has 1 N–H and O–H groups in total. The first-order valence-corrected chi connectivity index (χ1v) is 9.02. The van der Waals surface area contributed by atoms with Crippen molar-refractivity contribution in [3.05, 3.63) is 47.7 Å². The number of hydrogen-bond acceptors (Lipinski definition) is 6. The molecule has 0 spiro atoms. The largest absolute Gasteiger partial charge is 0.495 e. The number of rotatable bonds is 6. The highest BCUT2D eigenvalue weighted by atomic mass is 35.5. The summed E-state index contributed by atoms with van der Waals surface area (Å²) in [7, 11) is 3.02. The molecular formula is C18H16ClN3O3S. The minimum Gasteiger partial charge on any atom is -0.495 e. The van der Waals surface area contributed by atoms with Gasteiger partial charge < -0.3 is 14.8 Å². The van der Waals surface area contributed by atoms with Gasteiger partial charge in [-0.15, -0.1) is 0 Å². The summed E-state index contributed by atoms with van der Waals surface area (Å²) >= 11 is 7.42. The van der Waals surface area contributed by atoms with E-state index < -0.39 is 0 Å². The van der Waals surface area contributed by atoms with Crippen LogP contribution in [-0.2, 0) is 4.79 Å². The lowest BCUT2D eigenvalue weighted by Crippen LogP contribution is -2.15. The fourth-order valence-electron chi connectivity index (χ4n) is 2.37. The van der Waals surface area contributed by atoms with Crippen molar-refractivity contribution in [3.63, 3.8) is 0 Å². The maximum atomic E-state index is 12.4. The second-order valence-electron chi connectivity index (χ2n) is 5.22. The van der Waals surface area contributed by atoms with Crippen LogP contribution in [0.3, 0.4) is 0 Å². The first kappa shape index (κ1) is 18.3. The van der Waals surface area contributed by atoms with Crippen LogP contribution < -0.4 is 14.8 Å². The van der Waals surface area contributed by atoms with Crippen molar-refractivity contribution in [1.82, 2.24) is 9.97 Å². The maximum absolute atomic E-state index is 12.4. The third-order valence-electron chi connectivity index (χ3n) is 3.59. The number of hydrogen-bond donors (Lipinski definition) is 1. The van der Waals surface area contributed by atoms with Crippen LogP contribution >= 0.6 is 23.4 Å². The number of aromatic nitrogens is 2. The summed E-state index contributed by atoms with van der Waals surface area (Å²) in [5.74, 6) is 0.911. The molecule has 8 heteroatoms. The molecule has 1 amide bonds. The van der Waals surface area contributed by atoms with Gasteiger partial charge in [-0.25, -0.2) is 9.97 Å². The number of nitrogens with one attached hydrogen (secondary N) is 1. The number of benzene rings is 2. The first-order chi connectivity index (χ1) is 12.6. The number of ether oxygens (including phenoxy) is 2. The average molecular weight is 390 g/mol. The molecular weight excluding hydrogens is 374 g/mol. The van der Waals surface area contributed by atoms with Gasteiger partial charge in [0, 0.05) is 17.5 Å². The molecule has 0 aliphatic rings. The molecule has 1 aromatic heterocycles. The fraction of sp³-hybridized carbons (Fsp3) is 0.167. The van der Waals surface area contributed by atoms with E-state index in [1.807, 2.05) is 24.3 Å². The van der Waals surface area contributed by atoms with E-state index in [0.717, 1.165) is 15.9 Å². The molecule has 0 radical (unpaired) electrons. The smallest absolute Gasteiger partial charge is 0.234 e. The number of anilines is 1. The highest BCUT2D eigenvalue weighted by Crippen LogP contribution is 2.36. The summed E-state index contributed by atoms with van der Waals surface area (Å²) < 4.78 is 10.4. The van der Waals surface area contributed by atoms with Crippen LogP contribution in [0.15, 0.2) is 47.8 Å². The molecule has 1 heterocycles. The van der Waals surface area contributed by atoms with Gasteiger partial charge in [-0.1, -0.05) is 41.6 Å². The molecule has 26 heavy (non-hydrogen) atoms. The van der Waals surface area contributed by atoms with Gasteiger partial charge in [0.05, 0.1) is 36.2 Å². The Labute approximate surface area is 159 Å². The standard InChI is InChI=1S/C18H16ClN3O3S/c1-24-15-8-14(16(25-2)7-12(15)19)22-17(23)9-26-18-11-5-3-4-6-13(11)20-10-21-18/h3-8,10H,9H2,1-2H3,(H,22,23). The SMILES string of the molecule is COc1cc(NC(=O)CSc2ncnc3ccccc23)c(OC)cc1Cl. The Bertz CT molecular complexity index is 947. The lowest BCUT2D eigenvalue weighted by molar-refractivity contribution is -0.113. The van der Waals surface area contributed by atoms with Crippen LogP contribution in [0.4, 0.5) is 5.69 Å². The van der Waals surface area contributed by atoms with Gasteiger partial charge in [-0.3, -0.25) is 4.79 Å². The van der Waals surface area contributed by atoms with Gasteiger partial charge in [-0.05, 0) is 6.07 Å². The molecule has 0 saturated heterocycles. The molecule has 134 valence electrons. The third kappa shape index (κ3) is 4.00. The number of thioether (sulfide) groups is 1. The lowest BCUT2D eigenvalue weighted by atomic mass is 10.2. The number of fused-ring (bicyclic) bond motifs is 1. The molecule has 0 fully saturated rings. The van der Waals surface area contributed by atoms with Crippen molar-refractivity contribution in [2.75, 3.05) is 25.3 Å². The molecule has 0 saturated carbocycles. The summed E-state index contributed by atoms with van der Waals surface area (Å²) in [5.41, 5.74) is 1.33. The number of amides is 1. The van der Waals surface area contributed by atoms with E-state index in [1.165, 1.54) is 32.3 Å². The third-order valence-corrected chi connectivity index (χ3v) is 4.89. The van der Waals surface area contributed by atoms with Gasteiger partial charge in [0.15, 0.2) is 0 Å². The molecule has 3 aromatic rings. The van der Waals surface area contributed by atoms with E-state index in [0.29, 0.717) is 22.2 Å². The van der Waals surface area contributed by atoms with E-state index in [2.05, 4.69) is 15.3 Å². The van der Waals surface area contributed by atoms with Crippen LogP contribution in [-0.4, -0.2) is 35.8 Å². The summed E-state index contributed by atoms with van der Waals surface area (Å²) in [4.78, 5) is 20.9. The molecule has 0 aliphatic carbocycles. The summed E-state index contributed by atoms with van der Waals surface area (Å²) in [6.07, 6.45) is 1.50. The van der Waals surface area contributed by atoms with Crippen molar-refractivity contribution < 1.29 is 14.3 Å². The Morgan fingerprint density at radius 1 is 1.15 bits per heavy atom. The minimum absolute atomic E-state index is 0.190. The molecule has 0 aliphatic heterocycles. The topological polar surface area (TPSA) is 73.3 Å². The van der Waals surface area contributed by atoms with E-state index in [9.17, 15) is 4.79 Å². The average Bonchev–Trinajstić information content (AvgIpc) is 2.67. The van der Waals surface area contributed by atoms with Crippen molar-refractivity contribution >= 4 is 45.9 Å². The summed E-state index contributed by atoms with van der Waals surface area (Å²) in [6.45, 7) is 0. The van der Waals surface area contributed by atoms with Gasteiger partial charge in [0.25, 0.3) is 0 Å². The van der Waals surface area contributed by atoms with Crippen LogP contribution in [0, 0.1) is 0 Å². The van der Waals surface area contributed by atoms with Crippen LogP contribution in [0.25, 0.3) is 10.9 Å². The zero-order valence-corrected chi connectivity index (χ0v) is 15.7. The number of halogens is 1. The van der Waals surface area contributed by atoms with Crippen molar-refractivity contribution in [1.29, 1.82) is 0 Å². The number of nitrogens with zero attached hydrogens (tertiary/aromatic N) is 2. The number of para-hydroxylation sites is 1. The number of carbonyl (C=O) groups is 1. The number of methoxy groups -OCH3 is 2. The second-order valence-corrected chi connectivity index (χ2v) is 6.59. The van der Waals surface area contributed by atoms with Crippen molar-refractivity contribution in [2.45, 2.75) is 5.03 Å². The maximum Gasteiger partial charge on any atom is 0.234 e. The van der Waals surface area contributed by atoms with E-state index in [1.54, 1.807) is 12.1 Å². The monoisotopic (exact) mass is 389 g/mol. The Morgan fingerprint density at radius 3 is 2.69 bits per heavy atom. The van der Waals surface area contributed by atoms with Crippen LogP contribution in [0.1, 0.15) is 0 Å². The van der Waals surface area contributed by atoms with Crippen LogP contribution in [0.2, 0.25) is 5.02 Å². The van der Waals surface area contributed by atoms with E-state index in [-0.39, 0.29) is 11.7 Å². The highest BCUT2D eigenvalue weighted by molar-refractivity contribution is 8.00. The molecule has 6 nitrogen and oxygen atoms in total. The Kier molecular flexibility index (Phi) is 5.80. The van der Waals surface area contributed by atoms with E-state index >= 15 is 0 Å². The van der Waals surface area contributed by atoms with Gasteiger partial charge in [-0.2, -0.15) is 0 Å². The predicted octanol–water partition coefficient (Wildman–Crippen LogP) is 4.03. The Balaban J connectivity index is 1.73. The highest BCUT2D eigenvalue weighted by Gasteiger charge is 2.13. The molecule has 0 bridgehead atoms. The zero-order valence-electron chi connectivity index (χ0n) is 14.2. The first-order valence-electron chi connectivity index (χ1n) is 7.66. The minimum atomic E-state index is -0.194. The molecule has 0 unspecified atom stereocenters. The van der Waals surface area contributed by atoms with Crippen LogP contribution in [0.5, 0.6) is 11.5 Å². The van der Waals surface area contributed by atoms with Gasteiger partial charge >= 0.3 is 0 Å². The summed E-state index contributed by atoms with van der Waals surface area (Å²) in [6, 6.07) is 10.9. The van der Waals surface area contributed by atoms with E-state index in [4.69, 9.17) is 21.1 Å². The Morgan fingerprint density at radius 2 is 1.92 bits per heavy atom. The quantitative estimate of drug-likeness (QED) is 0.506. The van der Waals surface area contributed by atoms with Gasteiger partial charge in [0.1, 0.15) is 22.9 Å². The van der Waals surface area contributed by atoms with Crippen molar-refractivity contribution in [3.8, 4) is 11.5 Å². The van der Waals surface area contributed by atoms with Crippen molar-refractivity contribution in [2.24, 2.45) is 0 Å². The molecule has 0 atom stereocenters. The Hall–Kier alpha value is -2.51. The normalized spacial score (nSPS) is 10.6. The molecule has 2 aromatic carbocycles. The molecule has 3 rings (SSSR count). The lowest BCUT2D eigenvalue weighted by Gasteiger charge is -2.13.